The number of nitrogens with one attached hydrogen (secondary N) is 1. The van der Waals surface area contributed by atoms with Crippen molar-refractivity contribution in [2.75, 3.05) is 5.32 Å². The molecule has 13 heavy (non-hydrogen) atoms. The topological polar surface area (TPSA) is 12.0 Å². The Morgan fingerprint density at radius 2 is 1.62 bits per heavy atom. The van der Waals surface area contributed by atoms with E-state index < -0.39 is 0 Å². The zero-order valence-corrected chi connectivity index (χ0v) is 8.96. The van der Waals surface area contributed by atoms with Crippen LogP contribution in [0.25, 0.3) is 0 Å². The summed E-state index contributed by atoms with van der Waals surface area (Å²) in [7, 11) is 0. The van der Waals surface area contributed by atoms with Crippen molar-refractivity contribution in [3.05, 3.63) is 29.8 Å². The molecule has 0 bridgehead atoms. The molecule has 0 saturated carbocycles. The molecule has 1 rings (SSSR count). The van der Waals surface area contributed by atoms with Crippen LogP contribution in [0.2, 0.25) is 0 Å². The summed E-state index contributed by atoms with van der Waals surface area (Å²) in [4.78, 5) is 0. The minimum absolute atomic E-state index is 0.500. The Kier molecular flexibility index (Phi) is 3.35. The molecule has 0 aliphatic carbocycles. The quantitative estimate of drug-likeness (QED) is 0.743. The summed E-state index contributed by atoms with van der Waals surface area (Å²) in [6.45, 7) is 8.77. The van der Waals surface area contributed by atoms with Crippen LogP contribution in [0.5, 0.6) is 0 Å². The van der Waals surface area contributed by atoms with Crippen molar-refractivity contribution in [2.24, 2.45) is 0 Å². The van der Waals surface area contributed by atoms with Gasteiger partial charge in [0.1, 0.15) is 0 Å². The lowest BCUT2D eigenvalue weighted by Crippen LogP contribution is -2.11. The van der Waals surface area contributed by atoms with Crippen LogP contribution >= 0.6 is 0 Å². The van der Waals surface area contributed by atoms with E-state index in [2.05, 4.69) is 57.3 Å². The Morgan fingerprint density at radius 1 is 1.00 bits per heavy atom. The van der Waals surface area contributed by atoms with E-state index in [4.69, 9.17) is 0 Å². The van der Waals surface area contributed by atoms with Crippen LogP contribution in [0.4, 0.5) is 5.69 Å². The molecule has 0 unspecified atom stereocenters. The molecule has 0 aliphatic rings. The molecule has 1 aromatic carbocycles. The average Bonchev–Trinajstić information content (AvgIpc) is 2.03. The maximum atomic E-state index is 3.45. The molecule has 1 N–H and O–H groups in total. The van der Waals surface area contributed by atoms with Crippen molar-refractivity contribution in [2.45, 2.75) is 39.7 Å². The van der Waals surface area contributed by atoms with Crippen molar-refractivity contribution in [3.63, 3.8) is 0 Å². The van der Waals surface area contributed by atoms with Crippen molar-refractivity contribution < 1.29 is 0 Å². The molecule has 0 amide bonds. The van der Waals surface area contributed by atoms with Gasteiger partial charge in [-0.15, -0.1) is 0 Å². The lowest BCUT2D eigenvalue weighted by atomic mass is 10.0. The minimum Gasteiger partial charge on any atom is -0.383 e. The van der Waals surface area contributed by atoms with Gasteiger partial charge in [-0.25, -0.2) is 0 Å². The van der Waals surface area contributed by atoms with E-state index in [1.165, 1.54) is 11.3 Å². The molecule has 0 radical (unpaired) electrons. The van der Waals surface area contributed by atoms with Crippen LogP contribution < -0.4 is 5.32 Å². The second-order valence-electron chi connectivity index (χ2n) is 4.04. The zero-order valence-electron chi connectivity index (χ0n) is 8.96. The average molecular weight is 177 g/mol. The number of benzene rings is 1. The van der Waals surface area contributed by atoms with E-state index in [0.29, 0.717) is 12.0 Å². The predicted octanol–water partition coefficient (Wildman–Crippen LogP) is 3.63. The molecule has 1 aromatic rings. The van der Waals surface area contributed by atoms with Crippen molar-refractivity contribution >= 4 is 5.69 Å². The fraction of sp³-hybridized carbons (Fsp3) is 0.500. The van der Waals surface area contributed by atoms with E-state index in [1.807, 2.05) is 0 Å². The lowest BCUT2D eigenvalue weighted by Gasteiger charge is -2.16. The maximum Gasteiger partial charge on any atom is 0.0377 e. The Balaban J connectivity index is 2.91. The molecule has 72 valence electrons. The molecule has 0 heterocycles. The fourth-order valence-electron chi connectivity index (χ4n) is 1.44. The summed E-state index contributed by atoms with van der Waals surface area (Å²) < 4.78 is 0. The summed E-state index contributed by atoms with van der Waals surface area (Å²) in [6, 6.07) is 9.02. The highest BCUT2D eigenvalue weighted by molar-refractivity contribution is 5.52. The Hall–Kier alpha value is -0.980. The summed E-state index contributed by atoms with van der Waals surface area (Å²) in [5.74, 6) is 0.586. The van der Waals surface area contributed by atoms with Gasteiger partial charge in [0.25, 0.3) is 0 Å². The van der Waals surface area contributed by atoms with Crippen LogP contribution in [0.15, 0.2) is 24.3 Å². The van der Waals surface area contributed by atoms with Gasteiger partial charge in [0.15, 0.2) is 0 Å². The van der Waals surface area contributed by atoms with Crippen LogP contribution in [0.1, 0.15) is 39.2 Å². The third-order valence-corrected chi connectivity index (χ3v) is 2.03. The minimum atomic E-state index is 0.500. The van der Waals surface area contributed by atoms with Crippen LogP contribution in [0, 0.1) is 0 Å². The Morgan fingerprint density at radius 3 is 2.15 bits per heavy atom. The SMILES string of the molecule is CC(C)Nc1ccccc1C(C)C. The van der Waals surface area contributed by atoms with E-state index in [-0.39, 0.29) is 0 Å². The maximum absolute atomic E-state index is 3.45. The molecule has 0 atom stereocenters. The van der Waals surface area contributed by atoms with E-state index in [0.717, 1.165) is 0 Å². The van der Waals surface area contributed by atoms with Crippen LogP contribution in [0.3, 0.4) is 0 Å². The molecule has 0 fully saturated rings. The third kappa shape index (κ3) is 2.76. The van der Waals surface area contributed by atoms with Crippen LogP contribution in [-0.2, 0) is 0 Å². The normalized spacial score (nSPS) is 10.9. The lowest BCUT2D eigenvalue weighted by molar-refractivity contribution is 0.847. The first kappa shape index (κ1) is 10.1. The molecule has 0 aromatic heterocycles. The van der Waals surface area contributed by atoms with Gasteiger partial charge in [-0.2, -0.15) is 0 Å². The van der Waals surface area contributed by atoms with Crippen molar-refractivity contribution in [1.29, 1.82) is 0 Å². The van der Waals surface area contributed by atoms with Gasteiger partial charge in [-0.1, -0.05) is 32.0 Å². The second-order valence-corrected chi connectivity index (χ2v) is 4.04. The van der Waals surface area contributed by atoms with Gasteiger partial charge >= 0.3 is 0 Å². The first-order chi connectivity index (χ1) is 6.11. The van der Waals surface area contributed by atoms with Gasteiger partial charge in [-0.3, -0.25) is 0 Å². The van der Waals surface area contributed by atoms with E-state index in [1.54, 1.807) is 0 Å². The number of para-hydroxylation sites is 1. The highest BCUT2D eigenvalue weighted by Gasteiger charge is 2.05. The van der Waals surface area contributed by atoms with Crippen molar-refractivity contribution in [3.8, 4) is 0 Å². The first-order valence-corrected chi connectivity index (χ1v) is 4.96. The van der Waals surface area contributed by atoms with Gasteiger partial charge in [0, 0.05) is 11.7 Å². The van der Waals surface area contributed by atoms with E-state index >= 15 is 0 Å². The summed E-state index contributed by atoms with van der Waals surface area (Å²) in [5.41, 5.74) is 2.67. The van der Waals surface area contributed by atoms with Crippen molar-refractivity contribution in [1.82, 2.24) is 0 Å². The highest BCUT2D eigenvalue weighted by atomic mass is 14.9. The van der Waals surface area contributed by atoms with E-state index in [9.17, 15) is 0 Å². The first-order valence-electron chi connectivity index (χ1n) is 4.96. The van der Waals surface area contributed by atoms with Gasteiger partial charge in [0.05, 0.1) is 0 Å². The molecular formula is C12H19N. The second kappa shape index (κ2) is 4.31. The Bertz CT molecular complexity index is 264. The van der Waals surface area contributed by atoms with Gasteiger partial charge in [-0.05, 0) is 31.4 Å². The fourth-order valence-corrected chi connectivity index (χ4v) is 1.44. The summed E-state index contributed by atoms with van der Waals surface area (Å²) >= 11 is 0. The zero-order chi connectivity index (χ0) is 9.84. The van der Waals surface area contributed by atoms with Crippen LogP contribution in [-0.4, -0.2) is 6.04 Å². The monoisotopic (exact) mass is 177 g/mol. The predicted molar refractivity (Wildman–Crippen MR) is 59.3 cm³/mol. The molecule has 0 saturated heterocycles. The number of hydrogen-bond acceptors (Lipinski definition) is 1. The summed E-state index contributed by atoms with van der Waals surface area (Å²) in [6.07, 6.45) is 0. The number of hydrogen-bond donors (Lipinski definition) is 1. The standard InChI is InChI=1S/C12H19N/c1-9(2)11-7-5-6-8-12(11)13-10(3)4/h5-10,13H,1-4H3. The molecule has 0 aliphatic heterocycles. The molecule has 1 nitrogen and oxygen atoms in total. The Labute approximate surface area is 81.2 Å². The van der Waals surface area contributed by atoms with Gasteiger partial charge < -0.3 is 5.32 Å². The highest BCUT2D eigenvalue weighted by Crippen LogP contribution is 2.23. The number of rotatable bonds is 3. The third-order valence-electron chi connectivity index (χ3n) is 2.03. The molecular weight excluding hydrogens is 158 g/mol. The van der Waals surface area contributed by atoms with Gasteiger partial charge in [0.2, 0.25) is 0 Å². The number of anilines is 1. The molecule has 1 heteroatoms. The largest absolute Gasteiger partial charge is 0.383 e. The summed E-state index contributed by atoms with van der Waals surface area (Å²) in [5, 5.41) is 3.45. The smallest absolute Gasteiger partial charge is 0.0377 e. The molecule has 0 spiro atoms.